The van der Waals surface area contributed by atoms with Gasteiger partial charge in [-0.15, -0.1) is 6.58 Å². The van der Waals surface area contributed by atoms with E-state index in [1.165, 1.54) is 25.5 Å². The summed E-state index contributed by atoms with van der Waals surface area (Å²) in [5, 5.41) is 29.9. The number of ether oxygens (including phenoxy) is 1. The molecule has 3 N–H and O–H groups in total. The molecule has 0 fully saturated rings. The Kier molecular flexibility index (Phi) is 4.35. The van der Waals surface area contributed by atoms with Crippen LogP contribution >= 0.6 is 0 Å². The van der Waals surface area contributed by atoms with Crippen LogP contribution in [0.4, 0.5) is 0 Å². The molecular formula is C21H20O6. The van der Waals surface area contributed by atoms with Crippen LogP contribution in [0.25, 0.3) is 22.1 Å². The fourth-order valence-corrected chi connectivity index (χ4v) is 3.00. The molecule has 0 unspecified atom stereocenters. The zero-order valence-electron chi connectivity index (χ0n) is 15.2. The van der Waals surface area contributed by atoms with Gasteiger partial charge >= 0.3 is 0 Å². The van der Waals surface area contributed by atoms with E-state index in [9.17, 15) is 20.1 Å². The first kappa shape index (κ1) is 18.4. The molecule has 0 aliphatic heterocycles. The molecule has 0 amide bonds. The number of benzene rings is 2. The Balaban J connectivity index is 2.41. The molecule has 140 valence electrons. The topological polar surface area (TPSA) is 100 Å². The van der Waals surface area contributed by atoms with Crippen molar-refractivity contribution in [3.63, 3.8) is 0 Å². The highest BCUT2D eigenvalue weighted by atomic mass is 16.5. The third-order valence-corrected chi connectivity index (χ3v) is 4.66. The van der Waals surface area contributed by atoms with Crippen LogP contribution in [0.15, 0.2) is 52.4 Å². The molecule has 0 bridgehead atoms. The fourth-order valence-electron chi connectivity index (χ4n) is 3.00. The Hall–Kier alpha value is -3.41. The van der Waals surface area contributed by atoms with Gasteiger partial charge in [-0.05, 0) is 23.3 Å². The van der Waals surface area contributed by atoms with Crippen LogP contribution < -0.4 is 10.2 Å². The summed E-state index contributed by atoms with van der Waals surface area (Å²) in [7, 11) is 1.44. The molecule has 0 saturated carbocycles. The second-order valence-corrected chi connectivity index (χ2v) is 6.81. The summed E-state index contributed by atoms with van der Waals surface area (Å²) >= 11 is 0. The average Bonchev–Trinajstić information content (AvgIpc) is 2.61. The first-order valence-electron chi connectivity index (χ1n) is 8.22. The number of hydrogen-bond acceptors (Lipinski definition) is 6. The van der Waals surface area contributed by atoms with Crippen molar-refractivity contribution in [2.24, 2.45) is 0 Å². The van der Waals surface area contributed by atoms with Crippen molar-refractivity contribution in [2.75, 3.05) is 7.11 Å². The molecule has 0 saturated heterocycles. The van der Waals surface area contributed by atoms with Crippen LogP contribution in [0.2, 0.25) is 0 Å². The van der Waals surface area contributed by atoms with Crippen molar-refractivity contribution in [3.05, 3.63) is 59.0 Å². The summed E-state index contributed by atoms with van der Waals surface area (Å²) in [6, 6.07) is 5.39. The van der Waals surface area contributed by atoms with E-state index in [0.29, 0.717) is 11.1 Å². The van der Waals surface area contributed by atoms with Gasteiger partial charge in [0.25, 0.3) is 0 Å². The number of aromatic hydroxyl groups is 3. The first-order chi connectivity index (χ1) is 12.7. The molecule has 6 heteroatoms. The predicted molar refractivity (Wildman–Crippen MR) is 103 cm³/mol. The van der Waals surface area contributed by atoms with Gasteiger partial charge < -0.3 is 24.5 Å². The highest BCUT2D eigenvalue weighted by Crippen LogP contribution is 2.41. The third-order valence-electron chi connectivity index (χ3n) is 4.66. The van der Waals surface area contributed by atoms with Crippen molar-refractivity contribution in [3.8, 4) is 34.1 Å². The summed E-state index contributed by atoms with van der Waals surface area (Å²) in [5.74, 6) is -0.471. The Labute approximate surface area is 155 Å². The van der Waals surface area contributed by atoms with Crippen LogP contribution in [0.1, 0.15) is 19.4 Å². The molecule has 3 rings (SSSR count). The summed E-state index contributed by atoms with van der Waals surface area (Å²) in [4.78, 5) is 13.1. The highest BCUT2D eigenvalue weighted by Gasteiger charge is 2.26. The lowest BCUT2D eigenvalue weighted by atomic mass is 9.80. The standard InChI is InChI=1S/C21H20O6/c1-5-21(2,3)14-9-17(26-4)15(23)8-12(14)13-10-27-18-7-11(22)6-16(24)19(18)20(13)25/h5-10,22-24H,1H2,2-4H3. The predicted octanol–water partition coefficient (Wildman–Crippen LogP) is 4.05. The van der Waals surface area contributed by atoms with Crippen molar-refractivity contribution in [1.29, 1.82) is 0 Å². The van der Waals surface area contributed by atoms with Gasteiger partial charge in [0, 0.05) is 17.5 Å². The van der Waals surface area contributed by atoms with E-state index in [1.54, 1.807) is 12.1 Å². The number of allylic oxidation sites excluding steroid dienone is 1. The maximum absolute atomic E-state index is 13.1. The molecule has 3 aromatic rings. The van der Waals surface area contributed by atoms with E-state index in [-0.39, 0.29) is 39.5 Å². The molecule has 0 atom stereocenters. The molecule has 0 radical (unpaired) electrons. The third kappa shape index (κ3) is 2.99. The van der Waals surface area contributed by atoms with Gasteiger partial charge in [-0.3, -0.25) is 4.79 Å². The first-order valence-corrected chi connectivity index (χ1v) is 8.22. The number of hydrogen-bond donors (Lipinski definition) is 3. The lowest BCUT2D eigenvalue weighted by Crippen LogP contribution is -2.17. The number of rotatable bonds is 4. The second kappa shape index (κ2) is 6.39. The SMILES string of the molecule is C=CC(C)(C)c1cc(OC)c(O)cc1-c1coc2cc(O)cc(O)c2c1=O. The summed E-state index contributed by atoms with van der Waals surface area (Å²) in [6.07, 6.45) is 2.97. The largest absolute Gasteiger partial charge is 0.508 e. The van der Waals surface area contributed by atoms with E-state index >= 15 is 0 Å². The number of methoxy groups -OCH3 is 1. The highest BCUT2D eigenvalue weighted by molar-refractivity contribution is 5.88. The number of phenols is 3. The Morgan fingerprint density at radius 3 is 2.41 bits per heavy atom. The van der Waals surface area contributed by atoms with Crippen LogP contribution in [0.3, 0.4) is 0 Å². The fraction of sp³-hybridized carbons (Fsp3) is 0.190. The van der Waals surface area contributed by atoms with Gasteiger partial charge in [0.15, 0.2) is 11.5 Å². The number of phenolic OH excluding ortho intramolecular Hbond substituents is 3. The lowest BCUT2D eigenvalue weighted by Gasteiger charge is -2.25. The van der Waals surface area contributed by atoms with Gasteiger partial charge in [-0.25, -0.2) is 0 Å². The van der Waals surface area contributed by atoms with E-state index in [2.05, 4.69) is 6.58 Å². The minimum atomic E-state index is -0.547. The molecule has 0 aliphatic carbocycles. The average molecular weight is 368 g/mol. The van der Waals surface area contributed by atoms with Crippen molar-refractivity contribution >= 4 is 11.0 Å². The smallest absolute Gasteiger partial charge is 0.204 e. The van der Waals surface area contributed by atoms with Crippen molar-refractivity contribution in [1.82, 2.24) is 0 Å². The Morgan fingerprint density at radius 1 is 1.07 bits per heavy atom. The van der Waals surface area contributed by atoms with E-state index in [4.69, 9.17) is 9.15 Å². The van der Waals surface area contributed by atoms with Crippen LogP contribution in [-0.2, 0) is 5.41 Å². The van der Waals surface area contributed by atoms with Gasteiger partial charge in [-0.1, -0.05) is 19.9 Å². The number of fused-ring (bicyclic) bond motifs is 1. The normalized spacial score (nSPS) is 11.5. The van der Waals surface area contributed by atoms with Crippen LogP contribution in [0, 0.1) is 0 Å². The quantitative estimate of drug-likeness (QED) is 0.601. The maximum atomic E-state index is 13.1. The molecule has 2 aromatic carbocycles. The van der Waals surface area contributed by atoms with Crippen LogP contribution in [0.5, 0.6) is 23.0 Å². The minimum Gasteiger partial charge on any atom is -0.508 e. The van der Waals surface area contributed by atoms with Crippen molar-refractivity contribution < 1.29 is 24.5 Å². The van der Waals surface area contributed by atoms with Gasteiger partial charge in [0.1, 0.15) is 28.7 Å². The molecule has 1 heterocycles. The van der Waals surface area contributed by atoms with Crippen LogP contribution in [-0.4, -0.2) is 22.4 Å². The summed E-state index contributed by atoms with van der Waals surface area (Å²) < 4.78 is 10.7. The maximum Gasteiger partial charge on any atom is 0.204 e. The summed E-state index contributed by atoms with van der Waals surface area (Å²) in [6.45, 7) is 7.67. The molecule has 27 heavy (non-hydrogen) atoms. The lowest BCUT2D eigenvalue weighted by molar-refractivity contribution is 0.372. The van der Waals surface area contributed by atoms with Gasteiger partial charge in [0.2, 0.25) is 5.43 Å². The Bertz CT molecular complexity index is 1110. The minimum absolute atomic E-state index is 0.0528. The van der Waals surface area contributed by atoms with Gasteiger partial charge in [0.05, 0.1) is 12.7 Å². The van der Waals surface area contributed by atoms with E-state index < -0.39 is 10.8 Å². The molecule has 6 nitrogen and oxygen atoms in total. The molecular weight excluding hydrogens is 348 g/mol. The second-order valence-electron chi connectivity index (χ2n) is 6.81. The van der Waals surface area contributed by atoms with Crippen molar-refractivity contribution in [2.45, 2.75) is 19.3 Å². The Morgan fingerprint density at radius 2 is 1.78 bits per heavy atom. The van der Waals surface area contributed by atoms with Gasteiger partial charge in [-0.2, -0.15) is 0 Å². The summed E-state index contributed by atoms with van der Waals surface area (Å²) in [5.41, 5.74) is 0.307. The molecule has 0 spiro atoms. The van der Waals surface area contributed by atoms with E-state index in [1.807, 2.05) is 13.8 Å². The zero-order chi connectivity index (χ0) is 19.9. The zero-order valence-corrected chi connectivity index (χ0v) is 15.2. The molecule has 1 aromatic heterocycles. The monoisotopic (exact) mass is 368 g/mol. The molecule has 0 aliphatic rings. The van der Waals surface area contributed by atoms with E-state index in [0.717, 1.165) is 6.07 Å².